The molecule has 124 valence electrons. The number of ether oxygens (including phenoxy) is 1. The highest BCUT2D eigenvalue weighted by molar-refractivity contribution is 5.81. The van der Waals surface area contributed by atoms with Crippen LogP contribution in [0.3, 0.4) is 0 Å². The number of rotatable bonds is 4. The van der Waals surface area contributed by atoms with Crippen molar-refractivity contribution >= 4 is 11.8 Å². The van der Waals surface area contributed by atoms with Gasteiger partial charge in [-0.2, -0.15) is 0 Å². The molecule has 0 radical (unpaired) electrons. The van der Waals surface area contributed by atoms with Gasteiger partial charge < -0.3 is 14.5 Å². The lowest BCUT2D eigenvalue weighted by Crippen LogP contribution is -2.39. The molecular weight excluding hydrogens is 299 g/mol. The third-order valence-corrected chi connectivity index (χ3v) is 4.27. The minimum atomic E-state index is -0.475. The molecule has 1 aliphatic heterocycles. The zero-order chi connectivity index (χ0) is 16.2. The minimum absolute atomic E-state index is 0.0845. The quantitative estimate of drug-likeness (QED) is 0.848. The molecule has 0 unspecified atom stereocenters. The van der Waals surface area contributed by atoms with Gasteiger partial charge in [0.2, 0.25) is 5.91 Å². The smallest absolute Gasteiger partial charge is 0.260 e. The summed E-state index contributed by atoms with van der Waals surface area (Å²) >= 11 is 0. The Kier molecular flexibility index (Phi) is 4.79. The summed E-state index contributed by atoms with van der Waals surface area (Å²) in [4.78, 5) is 27.9. The van der Waals surface area contributed by atoms with Crippen molar-refractivity contribution in [3.8, 4) is 5.75 Å². The SMILES string of the molecule is O=C(COc1ccccc1F)N1CCCN(C(=O)C2CC2)CC1. The third kappa shape index (κ3) is 4.00. The fourth-order valence-corrected chi connectivity index (χ4v) is 2.77. The minimum Gasteiger partial charge on any atom is -0.481 e. The Morgan fingerprint density at radius 2 is 1.78 bits per heavy atom. The van der Waals surface area contributed by atoms with Crippen LogP contribution in [0.25, 0.3) is 0 Å². The van der Waals surface area contributed by atoms with Gasteiger partial charge >= 0.3 is 0 Å². The largest absolute Gasteiger partial charge is 0.481 e. The Balaban J connectivity index is 1.49. The molecule has 1 aliphatic carbocycles. The second-order valence-corrected chi connectivity index (χ2v) is 6.05. The highest BCUT2D eigenvalue weighted by Crippen LogP contribution is 2.31. The summed E-state index contributed by atoms with van der Waals surface area (Å²) in [6, 6.07) is 6.04. The van der Waals surface area contributed by atoms with Gasteiger partial charge in [-0.3, -0.25) is 9.59 Å². The van der Waals surface area contributed by atoms with Crippen LogP contribution in [-0.4, -0.2) is 54.4 Å². The number of carbonyl (C=O) groups excluding carboxylic acids is 2. The molecule has 1 aromatic rings. The molecule has 5 nitrogen and oxygen atoms in total. The van der Waals surface area contributed by atoms with E-state index in [2.05, 4.69) is 0 Å². The first kappa shape index (κ1) is 15.8. The van der Waals surface area contributed by atoms with Crippen LogP contribution in [0.1, 0.15) is 19.3 Å². The predicted molar refractivity (Wildman–Crippen MR) is 82.4 cm³/mol. The molecule has 0 N–H and O–H groups in total. The number of halogens is 1. The highest BCUT2D eigenvalue weighted by Gasteiger charge is 2.34. The molecule has 1 aromatic carbocycles. The van der Waals surface area contributed by atoms with Gasteiger partial charge in [-0.1, -0.05) is 12.1 Å². The van der Waals surface area contributed by atoms with Crippen molar-refractivity contribution in [2.45, 2.75) is 19.3 Å². The van der Waals surface area contributed by atoms with Crippen molar-refractivity contribution < 1.29 is 18.7 Å². The molecule has 0 bridgehead atoms. The van der Waals surface area contributed by atoms with Gasteiger partial charge in [0.1, 0.15) is 0 Å². The van der Waals surface area contributed by atoms with Crippen LogP contribution in [0.5, 0.6) is 5.75 Å². The van der Waals surface area contributed by atoms with Gasteiger partial charge in [0, 0.05) is 32.1 Å². The molecule has 23 heavy (non-hydrogen) atoms. The molecule has 1 saturated carbocycles. The Hall–Kier alpha value is -2.11. The van der Waals surface area contributed by atoms with Crippen LogP contribution in [0, 0.1) is 11.7 Å². The van der Waals surface area contributed by atoms with Crippen LogP contribution in [0.4, 0.5) is 4.39 Å². The van der Waals surface area contributed by atoms with E-state index < -0.39 is 5.82 Å². The zero-order valence-electron chi connectivity index (χ0n) is 13.0. The van der Waals surface area contributed by atoms with Crippen molar-refractivity contribution in [2.24, 2.45) is 5.92 Å². The van der Waals surface area contributed by atoms with Crippen LogP contribution in [-0.2, 0) is 9.59 Å². The summed E-state index contributed by atoms with van der Waals surface area (Å²) in [5.41, 5.74) is 0. The number of para-hydroxylation sites is 1. The van der Waals surface area contributed by atoms with E-state index in [1.54, 1.807) is 17.0 Å². The van der Waals surface area contributed by atoms with Gasteiger partial charge in [0.15, 0.2) is 18.2 Å². The first-order valence-electron chi connectivity index (χ1n) is 8.09. The van der Waals surface area contributed by atoms with E-state index in [0.717, 1.165) is 19.3 Å². The van der Waals surface area contributed by atoms with Crippen LogP contribution in [0.2, 0.25) is 0 Å². The first-order valence-corrected chi connectivity index (χ1v) is 8.09. The molecule has 2 fully saturated rings. The second kappa shape index (κ2) is 6.98. The van der Waals surface area contributed by atoms with Crippen molar-refractivity contribution in [2.75, 3.05) is 32.8 Å². The van der Waals surface area contributed by atoms with Crippen molar-refractivity contribution in [3.05, 3.63) is 30.1 Å². The second-order valence-electron chi connectivity index (χ2n) is 6.05. The normalized spacial score (nSPS) is 18.5. The molecule has 2 amide bonds. The molecule has 1 heterocycles. The van der Waals surface area contributed by atoms with Gasteiger partial charge in [-0.25, -0.2) is 4.39 Å². The molecule has 0 aromatic heterocycles. The van der Waals surface area contributed by atoms with Gasteiger partial charge in [-0.15, -0.1) is 0 Å². The molecule has 3 rings (SSSR count). The summed E-state index contributed by atoms with van der Waals surface area (Å²) in [5, 5.41) is 0. The van der Waals surface area contributed by atoms with Crippen LogP contribution >= 0.6 is 0 Å². The lowest BCUT2D eigenvalue weighted by atomic mass is 10.3. The first-order chi connectivity index (χ1) is 11.1. The average Bonchev–Trinajstić information content (AvgIpc) is 3.39. The van der Waals surface area contributed by atoms with E-state index in [0.29, 0.717) is 26.2 Å². The van der Waals surface area contributed by atoms with Crippen LogP contribution in [0.15, 0.2) is 24.3 Å². The van der Waals surface area contributed by atoms with Gasteiger partial charge in [0.05, 0.1) is 0 Å². The van der Waals surface area contributed by atoms with E-state index in [-0.39, 0.29) is 30.1 Å². The Labute approximate surface area is 135 Å². The van der Waals surface area contributed by atoms with Crippen LogP contribution < -0.4 is 4.74 Å². The maximum absolute atomic E-state index is 13.5. The van der Waals surface area contributed by atoms with Crippen molar-refractivity contribution in [3.63, 3.8) is 0 Å². The molecule has 0 spiro atoms. The number of hydrogen-bond acceptors (Lipinski definition) is 3. The van der Waals surface area contributed by atoms with E-state index in [1.807, 2.05) is 4.90 Å². The fourth-order valence-electron chi connectivity index (χ4n) is 2.77. The van der Waals surface area contributed by atoms with E-state index in [1.165, 1.54) is 12.1 Å². The summed E-state index contributed by atoms with van der Waals surface area (Å²) < 4.78 is 18.7. The Morgan fingerprint density at radius 1 is 1.09 bits per heavy atom. The van der Waals surface area contributed by atoms with E-state index in [9.17, 15) is 14.0 Å². The lowest BCUT2D eigenvalue weighted by Gasteiger charge is -2.22. The highest BCUT2D eigenvalue weighted by atomic mass is 19.1. The number of benzene rings is 1. The number of hydrogen-bond donors (Lipinski definition) is 0. The van der Waals surface area contributed by atoms with E-state index in [4.69, 9.17) is 4.74 Å². The lowest BCUT2D eigenvalue weighted by molar-refractivity contribution is -0.135. The van der Waals surface area contributed by atoms with Gasteiger partial charge in [-0.05, 0) is 31.4 Å². The monoisotopic (exact) mass is 320 g/mol. The summed E-state index contributed by atoms with van der Waals surface area (Å²) in [6.45, 7) is 2.21. The average molecular weight is 320 g/mol. The number of carbonyl (C=O) groups is 2. The maximum atomic E-state index is 13.5. The Morgan fingerprint density at radius 3 is 2.52 bits per heavy atom. The number of nitrogens with zero attached hydrogens (tertiary/aromatic N) is 2. The topological polar surface area (TPSA) is 49.9 Å². The van der Waals surface area contributed by atoms with Gasteiger partial charge in [0.25, 0.3) is 5.91 Å². The molecule has 1 saturated heterocycles. The molecule has 2 aliphatic rings. The standard InChI is InChI=1S/C17H21FN2O3/c18-14-4-1-2-5-15(14)23-12-16(21)19-8-3-9-20(11-10-19)17(22)13-6-7-13/h1-2,4-5,13H,3,6-12H2. The molecule has 0 atom stereocenters. The number of amides is 2. The third-order valence-electron chi connectivity index (χ3n) is 4.27. The molecule has 6 heteroatoms. The fraction of sp³-hybridized carbons (Fsp3) is 0.529. The summed E-state index contributed by atoms with van der Waals surface area (Å²) in [7, 11) is 0. The maximum Gasteiger partial charge on any atom is 0.260 e. The summed E-state index contributed by atoms with van der Waals surface area (Å²) in [5.74, 6) is -0.129. The predicted octanol–water partition coefficient (Wildman–Crippen LogP) is 1.68. The van der Waals surface area contributed by atoms with Crippen molar-refractivity contribution in [1.82, 2.24) is 9.80 Å². The van der Waals surface area contributed by atoms with E-state index >= 15 is 0 Å². The zero-order valence-corrected chi connectivity index (χ0v) is 13.0. The Bertz CT molecular complexity index is 589. The van der Waals surface area contributed by atoms with Crippen molar-refractivity contribution in [1.29, 1.82) is 0 Å². The summed E-state index contributed by atoms with van der Waals surface area (Å²) in [6.07, 6.45) is 2.76. The molecular formula is C17H21FN2O3.